The normalized spacial score (nSPS) is 14.0. The summed E-state index contributed by atoms with van der Waals surface area (Å²) >= 11 is 0. The zero-order valence-electron chi connectivity index (χ0n) is 17.5. The van der Waals surface area contributed by atoms with Crippen LogP contribution in [0.15, 0.2) is 65.6 Å². The molecule has 0 unspecified atom stereocenters. The predicted octanol–water partition coefficient (Wildman–Crippen LogP) is 3.89. The standard InChI is InChI=1S/C24H26N2O4S/c1-2-18-11-13-20(14-12-18)30-17-15-25-23(27)10-5-16-26-21-8-3-6-19-7-4-9-22(24(19)21)31(26,28)29/h3-4,6-9,11-14H,2,5,10,15-17H2,1H3,(H,25,27). The third kappa shape index (κ3) is 4.37. The molecule has 0 aromatic heterocycles. The van der Waals surface area contributed by atoms with E-state index in [4.69, 9.17) is 4.74 Å². The fraction of sp³-hybridized carbons (Fsp3) is 0.292. The van der Waals surface area contributed by atoms with Crippen LogP contribution in [-0.2, 0) is 21.2 Å². The zero-order valence-corrected chi connectivity index (χ0v) is 18.3. The summed E-state index contributed by atoms with van der Waals surface area (Å²) in [5, 5.41) is 4.49. The molecule has 7 heteroatoms. The van der Waals surface area contributed by atoms with Crippen molar-refractivity contribution in [1.82, 2.24) is 5.32 Å². The van der Waals surface area contributed by atoms with Crippen LogP contribution in [0.3, 0.4) is 0 Å². The smallest absolute Gasteiger partial charge is 0.265 e. The van der Waals surface area contributed by atoms with E-state index in [0.29, 0.717) is 30.2 Å². The largest absolute Gasteiger partial charge is 0.492 e. The molecule has 1 aliphatic rings. The fourth-order valence-corrected chi connectivity index (χ4v) is 5.60. The lowest BCUT2D eigenvalue weighted by molar-refractivity contribution is -0.121. The van der Waals surface area contributed by atoms with Crippen molar-refractivity contribution in [2.45, 2.75) is 31.1 Å². The molecule has 0 atom stereocenters. The number of benzene rings is 3. The van der Waals surface area contributed by atoms with Gasteiger partial charge in [-0.25, -0.2) is 8.42 Å². The Morgan fingerprint density at radius 2 is 1.77 bits per heavy atom. The van der Waals surface area contributed by atoms with E-state index in [1.54, 1.807) is 12.1 Å². The zero-order chi connectivity index (χ0) is 21.8. The highest BCUT2D eigenvalue weighted by molar-refractivity contribution is 7.93. The van der Waals surface area contributed by atoms with E-state index < -0.39 is 10.0 Å². The van der Waals surface area contributed by atoms with Crippen LogP contribution >= 0.6 is 0 Å². The number of nitrogens with one attached hydrogen (secondary N) is 1. The topological polar surface area (TPSA) is 75.7 Å². The summed E-state index contributed by atoms with van der Waals surface area (Å²) in [7, 11) is -3.57. The van der Waals surface area contributed by atoms with Crippen molar-refractivity contribution >= 4 is 32.4 Å². The van der Waals surface area contributed by atoms with E-state index in [1.165, 1.54) is 9.87 Å². The number of carbonyl (C=O) groups excluding carboxylic acids is 1. The Labute approximate surface area is 182 Å². The molecule has 6 nitrogen and oxygen atoms in total. The molecular weight excluding hydrogens is 412 g/mol. The molecule has 162 valence electrons. The second kappa shape index (κ2) is 8.98. The van der Waals surface area contributed by atoms with Crippen molar-refractivity contribution in [3.63, 3.8) is 0 Å². The minimum atomic E-state index is -3.57. The van der Waals surface area contributed by atoms with Gasteiger partial charge in [-0.3, -0.25) is 9.10 Å². The van der Waals surface area contributed by atoms with E-state index in [-0.39, 0.29) is 18.9 Å². The van der Waals surface area contributed by atoms with Crippen molar-refractivity contribution in [2.75, 3.05) is 24.0 Å². The van der Waals surface area contributed by atoms with Gasteiger partial charge in [0.2, 0.25) is 5.91 Å². The van der Waals surface area contributed by atoms with Crippen LogP contribution in [-0.4, -0.2) is 34.0 Å². The Hall–Kier alpha value is -3.06. The number of aryl methyl sites for hydroxylation is 1. The summed E-state index contributed by atoms with van der Waals surface area (Å²) in [5.41, 5.74) is 1.94. The molecule has 0 aliphatic carbocycles. The van der Waals surface area contributed by atoms with Crippen molar-refractivity contribution in [1.29, 1.82) is 0 Å². The number of amides is 1. The molecule has 0 fully saturated rings. The number of anilines is 1. The Bertz CT molecular complexity index is 1180. The highest BCUT2D eigenvalue weighted by Gasteiger charge is 2.34. The first kappa shape index (κ1) is 21.2. The van der Waals surface area contributed by atoms with Crippen molar-refractivity contribution in [3.8, 4) is 5.75 Å². The van der Waals surface area contributed by atoms with Crippen LogP contribution in [0.25, 0.3) is 10.8 Å². The number of rotatable bonds is 9. The van der Waals surface area contributed by atoms with Crippen LogP contribution < -0.4 is 14.4 Å². The first-order valence-corrected chi connectivity index (χ1v) is 12.0. The molecule has 4 rings (SSSR count). The molecule has 0 bridgehead atoms. The van der Waals surface area contributed by atoms with Gasteiger partial charge in [0.05, 0.1) is 17.1 Å². The lowest BCUT2D eigenvalue weighted by Gasteiger charge is -2.18. The molecule has 3 aromatic carbocycles. The quantitative estimate of drug-likeness (QED) is 0.515. The molecular formula is C24H26N2O4S. The third-order valence-electron chi connectivity index (χ3n) is 5.47. The number of nitrogens with zero attached hydrogens (tertiary/aromatic N) is 1. The summed E-state index contributed by atoms with van der Waals surface area (Å²) < 4.78 is 32.9. The third-order valence-corrected chi connectivity index (χ3v) is 7.33. The molecule has 0 spiro atoms. The molecule has 0 radical (unpaired) electrons. The van der Waals surface area contributed by atoms with Crippen LogP contribution in [0.4, 0.5) is 5.69 Å². The van der Waals surface area contributed by atoms with Gasteiger partial charge in [0.1, 0.15) is 12.4 Å². The number of carbonyl (C=O) groups is 1. The van der Waals surface area contributed by atoms with Gasteiger partial charge in [-0.1, -0.05) is 43.3 Å². The highest BCUT2D eigenvalue weighted by atomic mass is 32.2. The SMILES string of the molecule is CCc1ccc(OCCNC(=O)CCCN2c3cccc4cccc(c34)S2(=O)=O)cc1. The fourth-order valence-electron chi connectivity index (χ4n) is 3.85. The number of ether oxygens (including phenoxy) is 1. The lowest BCUT2D eigenvalue weighted by atomic mass is 10.1. The molecule has 3 aromatic rings. The number of hydrogen-bond donors (Lipinski definition) is 1. The molecule has 31 heavy (non-hydrogen) atoms. The van der Waals surface area contributed by atoms with Crippen molar-refractivity contribution in [3.05, 3.63) is 66.2 Å². The molecule has 1 aliphatic heterocycles. The maximum atomic E-state index is 12.9. The molecule has 0 saturated carbocycles. The number of hydrogen-bond acceptors (Lipinski definition) is 4. The summed E-state index contributed by atoms with van der Waals surface area (Å²) in [6.07, 6.45) is 1.68. The van der Waals surface area contributed by atoms with E-state index in [1.807, 2.05) is 48.5 Å². The second-order valence-electron chi connectivity index (χ2n) is 7.51. The summed E-state index contributed by atoms with van der Waals surface area (Å²) in [6, 6.07) is 18.8. The first-order chi connectivity index (χ1) is 15.0. The second-order valence-corrected chi connectivity index (χ2v) is 9.34. The van der Waals surface area contributed by atoms with Crippen LogP contribution in [0, 0.1) is 0 Å². The number of sulfonamides is 1. The average Bonchev–Trinajstić information content (AvgIpc) is 3.00. The van der Waals surface area contributed by atoms with Crippen molar-refractivity contribution < 1.29 is 17.9 Å². The molecule has 1 amide bonds. The Balaban J connectivity index is 1.25. The molecule has 1 heterocycles. The highest BCUT2D eigenvalue weighted by Crippen LogP contribution is 2.41. The van der Waals surface area contributed by atoms with Crippen molar-refractivity contribution in [2.24, 2.45) is 0 Å². The summed E-state index contributed by atoms with van der Waals surface area (Å²) in [5.74, 6) is 0.664. The summed E-state index contributed by atoms with van der Waals surface area (Å²) in [6.45, 7) is 3.16. The maximum absolute atomic E-state index is 12.9. The maximum Gasteiger partial charge on any atom is 0.265 e. The Kier molecular flexibility index (Phi) is 6.13. The van der Waals surface area contributed by atoms with Gasteiger partial charge in [0.15, 0.2) is 0 Å². The van der Waals surface area contributed by atoms with E-state index >= 15 is 0 Å². The van der Waals surface area contributed by atoms with Gasteiger partial charge in [0.25, 0.3) is 10.0 Å². The van der Waals surface area contributed by atoms with Gasteiger partial charge >= 0.3 is 0 Å². The Morgan fingerprint density at radius 1 is 1.03 bits per heavy atom. The van der Waals surface area contributed by atoms with E-state index in [2.05, 4.69) is 12.2 Å². The van der Waals surface area contributed by atoms with Gasteiger partial charge in [-0.2, -0.15) is 0 Å². The van der Waals surface area contributed by atoms with Gasteiger partial charge in [0, 0.05) is 18.4 Å². The predicted molar refractivity (Wildman–Crippen MR) is 122 cm³/mol. The monoisotopic (exact) mass is 438 g/mol. The van der Waals surface area contributed by atoms with E-state index in [0.717, 1.165) is 22.9 Å². The van der Waals surface area contributed by atoms with Crippen LogP contribution in [0.5, 0.6) is 5.75 Å². The molecule has 1 N–H and O–H groups in total. The molecule has 0 saturated heterocycles. The van der Waals surface area contributed by atoms with Gasteiger partial charge in [-0.05, 0) is 48.1 Å². The van der Waals surface area contributed by atoms with Gasteiger partial charge in [-0.15, -0.1) is 0 Å². The van der Waals surface area contributed by atoms with E-state index in [9.17, 15) is 13.2 Å². The van der Waals surface area contributed by atoms with Gasteiger partial charge < -0.3 is 10.1 Å². The minimum absolute atomic E-state index is 0.114. The first-order valence-electron chi connectivity index (χ1n) is 10.5. The minimum Gasteiger partial charge on any atom is -0.492 e. The summed E-state index contributed by atoms with van der Waals surface area (Å²) in [4.78, 5) is 12.5. The van der Waals surface area contributed by atoms with Crippen LogP contribution in [0.1, 0.15) is 25.3 Å². The Morgan fingerprint density at radius 3 is 2.52 bits per heavy atom. The van der Waals surface area contributed by atoms with Crippen LogP contribution in [0.2, 0.25) is 0 Å². The lowest BCUT2D eigenvalue weighted by Crippen LogP contribution is -2.31. The average molecular weight is 439 g/mol.